The van der Waals surface area contributed by atoms with Crippen LogP contribution in [0.15, 0.2) is 30.3 Å². The molecule has 15 heavy (non-hydrogen) atoms. The Hall–Kier alpha value is -0.830. The summed E-state index contributed by atoms with van der Waals surface area (Å²) in [4.78, 5) is 0. The number of unbranched alkanes of at least 4 members (excludes halogenated alkanes) is 2. The largest absolute Gasteiger partial charge is 0.494 e. The van der Waals surface area contributed by atoms with Gasteiger partial charge in [0.2, 0.25) is 0 Å². The number of ether oxygens (including phenoxy) is 1. The topological polar surface area (TPSA) is 26.3 Å². The highest BCUT2D eigenvalue weighted by molar-refractivity contribution is 7.84. The van der Waals surface area contributed by atoms with E-state index >= 15 is 0 Å². The Balaban J connectivity index is 2.00. The maximum atomic E-state index is 10.8. The molecular weight excluding hydrogens is 208 g/mol. The average Bonchev–Trinajstić information content (AvgIpc) is 2.24. The first-order valence-electron chi connectivity index (χ1n) is 5.27. The molecule has 0 aromatic heterocycles. The first-order chi connectivity index (χ1) is 7.29. The van der Waals surface area contributed by atoms with Crippen LogP contribution in [0.2, 0.25) is 0 Å². The van der Waals surface area contributed by atoms with Gasteiger partial charge in [-0.1, -0.05) is 18.2 Å². The minimum absolute atomic E-state index is 0.648. The van der Waals surface area contributed by atoms with E-state index in [0.29, 0.717) is 0 Å². The van der Waals surface area contributed by atoms with Crippen LogP contribution in [0, 0.1) is 0 Å². The molecule has 0 bridgehead atoms. The zero-order chi connectivity index (χ0) is 10.9. The minimum atomic E-state index is -0.648. The third-order valence-electron chi connectivity index (χ3n) is 2.09. The Morgan fingerprint density at radius 1 is 1.13 bits per heavy atom. The maximum absolute atomic E-state index is 10.8. The Morgan fingerprint density at radius 3 is 2.53 bits per heavy atom. The van der Waals surface area contributed by atoms with E-state index in [4.69, 9.17) is 4.74 Å². The molecule has 0 N–H and O–H groups in total. The van der Waals surface area contributed by atoms with E-state index in [-0.39, 0.29) is 0 Å². The van der Waals surface area contributed by atoms with Crippen molar-refractivity contribution >= 4 is 10.8 Å². The second-order valence-corrected chi connectivity index (χ2v) is 5.05. The lowest BCUT2D eigenvalue weighted by Crippen LogP contribution is -1.99. The first-order valence-corrected chi connectivity index (χ1v) is 6.99. The standard InChI is InChI=1S/C12H18O2S/c1-15(13)11-7-3-6-10-14-12-8-4-2-5-9-12/h2,4-5,8-9H,3,6-7,10-11H2,1H3. The van der Waals surface area contributed by atoms with Crippen LogP contribution in [0.3, 0.4) is 0 Å². The van der Waals surface area contributed by atoms with Crippen LogP contribution in [-0.2, 0) is 10.8 Å². The van der Waals surface area contributed by atoms with Gasteiger partial charge in [-0.2, -0.15) is 0 Å². The Morgan fingerprint density at radius 2 is 1.87 bits per heavy atom. The molecule has 0 aliphatic heterocycles. The molecule has 0 heterocycles. The number of hydrogen-bond acceptors (Lipinski definition) is 2. The monoisotopic (exact) mass is 226 g/mol. The molecule has 0 aliphatic carbocycles. The van der Waals surface area contributed by atoms with Crippen molar-refractivity contribution in [3.63, 3.8) is 0 Å². The molecule has 0 saturated heterocycles. The van der Waals surface area contributed by atoms with Crippen LogP contribution in [-0.4, -0.2) is 22.8 Å². The van der Waals surface area contributed by atoms with Crippen molar-refractivity contribution in [1.29, 1.82) is 0 Å². The number of benzene rings is 1. The second-order valence-electron chi connectivity index (χ2n) is 3.50. The first kappa shape index (κ1) is 12.2. The molecule has 0 fully saturated rings. The summed E-state index contributed by atoms with van der Waals surface area (Å²) in [5.74, 6) is 1.74. The van der Waals surface area contributed by atoms with E-state index < -0.39 is 10.8 Å². The van der Waals surface area contributed by atoms with Crippen LogP contribution in [0.5, 0.6) is 5.75 Å². The molecule has 1 rings (SSSR count). The molecule has 1 atom stereocenters. The summed E-state index contributed by atoms with van der Waals surface area (Å²) < 4.78 is 16.3. The van der Waals surface area contributed by atoms with Gasteiger partial charge in [-0.3, -0.25) is 4.21 Å². The number of hydrogen-bond donors (Lipinski definition) is 0. The van der Waals surface area contributed by atoms with E-state index in [1.807, 2.05) is 30.3 Å². The third kappa shape index (κ3) is 6.28. The van der Waals surface area contributed by atoms with Gasteiger partial charge < -0.3 is 4.74 Å². The highest BCUT2D eigenvalue weighted by Gasteiger charge is 1.94. The minimum Gasteiger partial charge on any atom is -0.494 e. The second kappa shape index (κ2) is 7.46. The summed E-state index contributed by atoms with van der Waals surface area (Å²) in [5, 5.41) is 0. The molecule has 1 unspecified atom stereocenters. The smallest absolute Gasteiger partial charge is 0.119 e. The molecule has 2 nitrogen and oxygen atoms in total. The van der Waals surface area contributed by atoms with Gasteiger partial charge in [0.1, 0.15) is 5.75 Å². The zero-order valence-electron chi connectivity index (χ0n) is 9.15. The van der Waals surface area contributed by atoms with Crippen molar-refractivity contribution in [3.05, 3.63) is 30.3 Å². The van der Waals surface area contributed by atoms with Gasteiger partial charge in [-0.15, -0.1) is 0 Å². The van der Waals surface area contributed by atoms with Crippen molar-refractivity contribution in [2.75, 3.05) is 18.6 Å². The fourth-order valence-electron chi connectivity index (χ4n) is 1.29. The van der Waals surface area contributed by atoms with E-state index in [2.05, 4.69) is 0 Å². The van der Waals surface area contributed by atoms with Gasteiger partial charge in [0.25, 0.3) is 0 Å². The van der Waals surface area contributed by atoms with E-state index in [0.717, 1.165) is 37.4 Å². The van der Waals surface area contributed by atoms with Crippen molar-refractivity contribution in [2.24, 2.45) is 0 Å². The molecule has 1 aromatic rings. The third-order valence-corrected chi connectivity index (χ3v) is 2.95. The Kier molecular flexibility index (Phi) is 6.09. The lowest BCUT2D eigenvalue weighted by atomic mass is 10.3. The average molecular weight is 226 g/mol. The van der Waals surface area contributed by atoms with Crippen LogP contribution >= 0.6 is 0 Å². The van der Waals surface area contributed by atoms with E-state index in [1.54, 1.807) is 6.26 Å². The normalized spacial score (nSPS) is 12.3. The number of para-hydroxylation sites is 1. The summed E-state index contributed by atoms with van der Waals surface area (Å²) in [6.45, 7) is 0.750. The Labute approximate surface area is 94.1 Å². The predicted molar refractivity (Wildman–Crippen MR) is 64.7 cm³/mol. The summed E-state index contributed by atoms with van der Waals surface area (Å²) in [6, 6.07) is 9.83. The highest BCUT2D eigenvalue weighted by atomic mass is 32.2. The predicted octanol–water partition coefficient (Wildman–Crippen LogP) is 2.61. The fourth-order valence-corrected chi connectivity index (χ4v) is 1.90. The molecule has 3 heteroatoms. The van der Waals surface area contributed by atoms with E-state index in [9.17, 15) is 4.21 Å². The molecule has 1 aromatic carbocycles. The van der Waals surface area contributed by atoms with Crippen molar-refractivity contribution in [1.82, 2.24) is 0 Å². The molecule has 0 amide bonds. The molecule has 0 radical (unpaired) electrons. The SMILES string of the molecule is CS(=O)CCCCCOc1ccccc1. The van der Waals surface area contributed by atoms with Crippen LogP contribution in [0.4, 0.5) is 0 Å². The maximum Gasteiger partial charge on any atom is 0.119 e. The van der Waals surface area contributed by atoms with Crippen LogP contribution in [0.25, 0.3) is 0 Å². The Bertz CT molecular complexity index is 285. The lowest BCUT2D eigenvalue weighted by molar-refractivity contribution is 0.306. The van der Waals surface area contributed by atoms with Crippen LogP contribution in [0.1, 0.15) is 19.3 Å². The lowest BCUT2D eigenvalue weighted by Gasteiger charge is -2.04. The van der Waals surface area contributed by atoms with Crippen LogP contribution < -0.4 is 4.74 Å². The summed E-state index contributed by atoms with van der Waals surface area (Å²) in [6.07, 6.45) is 4.90. The quantitative estimate of drug-likeness (QED) is 0.668. The van der Waals surface area contributed by atoms with Crippen molar-refractivity contribution in [3.8, 4) is 5.75 Å². The zero-order valence-corrected chi connectivity index (χ0v) is 9.96. The van der Waals surface area contributed by atoms with Gasteiger partial charge in [-0.25, -0.2) is 0 Å². The molecule has 0 spiro atoms. The van der Waals surface area contributed by atoms with Crippen molar-refractivity contribution in [2.45, 2.75) is 19.3 Å². The van der Waals surface area contributed by atoms with Crippen molar-refractivity contribution < 1.29 is 8.95 Å². The molecule has 0 saturated carbocycles. The van der Waals surface area contributed by atoms with Gasteiger partial charge in [0.15, 0.2) is 0 Å². The summed E-state index contributed by atoms with van der Waals surface area (Å²) in [7, 11) is -0.648. The van der Waals surface area contributed by atoms with Gasteiger partial charge >= 0.3 is 0 Å². The summed E-state index contributed by atoms with van der Waals surface area (Å²) >= 11 is 0. The molecule has 0 aliphatic rings. The van der Waals surface area contributed by atoms with E-state index in [1.165, 1.54) is 0 Å². The van der Waals surface area contributed by atoms with Gasteiger partial charge in [0, 0.05) is 22.8 Å². The van der Waals surface area contributed by atoms with Gasteiger partial charge in [-0.05, 0) is 31.4 Å². The van der Waals surface area contributed by atoms with Gasteiger partial charge in [0.05, 0.1) is 6.61 Å². The number of rotatable bonds is 7. The fraction of sp³-hybridized carbons (Fsp3) is 0.500. The molecule has 84 valence electrons. The highest BCUT2D eigenvalue weighted by Crippen LogP contribution is 2.09. The summed E-state index contributed by atoms with van der Waals surface area (Å²) in [5.41, 5.74) is 0. The molecular formula is C12H18O2S.